The minimum absolute atomic E-state index is 0.0310. The van der Waals surface area contributed by atoms with E-state index in [1.807, 2.05) is 13.8 Å². The zero-order valence-corrected chi connectivity index (χ0v) is 28.3. The predicted octanol–water partition coefficient (Wildman–Crippen LogP) is 6.25. The molecule has 0 unspecified atom stereocenters. The highest BCUT2D eigenvalue weighted by Crippen LogP contribution is 2.61. The number of phenols is 7. The summed E-state index contributed by atoms with van der Waals surface area (Å²) < 4.78 is 12.3. The molecule has 0 aromatic heterocycles. The number of carbonyl (C=O) groups is 2. The number of ether oxygens (including phenoxy) is 2. The van der Waals surface area contributed by atoms with Gasteiger partial charge in [0.25, 0.3) is 0 Å². The molecule has 4 aromatic rings. The standard InChI is InChI=1S/C40H36O12/c1-18(2)10-11-39-27-9-6-22(43)16-31(27)52-40(39,50)38(49)35-32(51-39)17-30(46)34(37(35)48)26-13-19(3)12-25(23-7-4-20(41)14-28(23)44)33(26)36(47)24-8-5-21(42)15-29(24)45/h4-10,13-17,25-26,33,41-46,48,50H,11-12H2,1-3H3/t25-,26+,33-,39+,40-/m1/s1. The summed E-state index contributed by atoms with van der Waals surface area (Å²) in [5.41, 5.74) is -0.891. The Balaban J connectivity index is 1.43. The average molecular weight is 709 g/mol. The maximum absolute atomic E-state index is 14.6. The quantitative estimate of drug-likeness (QED) is 0.0824. The van der Waals surface area contributed by atoms with E-state index >= 15 is 0 Å². The molecule has 5 atom stereocenters. The lowest BCUT2D eigenvalue weighted by Crippen LogP contribution is -2.62. The Morgan fingerprint density at radius 3 is 2.15 bits per heavy atom. The van der Waals surface area contributed by atoms with E-state index < -0.39 is 63.5 Å². The molecule has 0 bridgehead atoms. The third kappa shape index (κ3) is 5.09. The second kappa shape index (κ2) is 12.0. The lowest BCUT2D eigenvalue weighted by molar-refractivity contribution is -0.201. The van der Waals surface area contributed by atoms with Crippen LogP contribution >= 0.6 is 0 Å². The number of aliphatic hydroxyl groups is 1. The van der Waals surface area contributed by atoms with Gasteiger partial charge in [-0.15, -0.1) is 0 Å². The van der Waals surface area contributed by atoms with E-state index in [0.717, 1.165) is 23.8 Å². The molecule has 0 spiro atoms. The van der Waals surface area contributed by atoms with Crippen LogP contribution in [-0.2, 0) is 5.60 Å². The highest BCUT2D eigenvalue weighted by Gasteiger charge is 2.70. The number of benzene rings is 4. The van der Waals surface area contributed by atoms with Gasteiger partial charge in [0.05, 0.1) is 5.56 Å². The van der Waals surface area contributed by atoms with Crippen LogP contribution < -0.4 is 9.47 Å². The molecule has 2 heterocycles. The number of phenolic OH excluding ortho intramolecular Hbond substituents is 7. The Kier molecular flexibility index (Phi) is 7.91. The highest BCUT2D eigenvalue weighted by atomic mass is 16.7. The third-order valence-corrected chi connectivity index (χ3v) is 10.2. The van der Waals surface area contributed by atoms with Gasteiger partial charge in [0.15, 0.2) is 5.78 Å². The number of aromatic hydroxyl groups is 7. The summed E-state index contributed by atoms with van der Waals surface area (Å²) in [4.78, 5) is 29.1. The van der Waals surface area contributed by atoms with E-state index in [1.165, 1.54) is 42.5 Å². The van der Waals surface area contributed by atoms with Crippen molar-refractivity contribution in [1.82, 2.24) is 0 Å². The van der Waals surface area contributed by atoms with Crippen molar-refractivity contribution in [2.45, 2.75) is 56.8 Å². The van der Waals surface area contributed by atoms with E-state index in [-0.39, 0.29) is 69.6 Å². The number of hydrogen-bond donors (Lipinski definition) is 8. The van der Waals surface area contributed by atoms with Gasteiger partial charge >= 0.3 is 5.79 Å². The van der Waals surface area contributed by atoms with Crippen molar-refractivity contribution in [3.05, 3.63) is 112 Å². The van der Waals surface area contributed by atoms with Crippen LogP contribution in [0, 0.1) is 5.92 Å². The van der Waals surface area contributed by atoms with Crippen LogP contribution in [0.3, 0.4) is 0 Å². The van der Waals surface area contributed by atoms with Crippen LogP contribution in [0.25, 0.3) is 0 Å². The summed E-state index contributed by atoms with van der Waals surface area (Å²) in [6.45, 7) is 5.37. The molecule has 3 aliphatic rings. The van der Waals surface area contributed by atoms with Crippen LogP contribution in [0.2, 0.25) is 0 Å². The molecule has 4 aromatic carbocycles. The van der Waals surface area contributed by atoms with Gasteiger partial charge in [-0.1, -0.05) is 29.4 Å². The number of hydrogen-bond acceptors (Lipinski definition) is 12. The van der Waals surface area contributed by atoms with Crippen molar-refractivity contribution in [2.24, 2.45) is 5.92 Å². The van der Waals surface area contributed by atoms with E-state index in [0.29, 0.717) is 5.57 Å². The number of allylic oxidation sites excluding steroid dienone is 3. The minimum atomic E-state index is -2.75. The third-order valence-electron chi connectivity index (χ3n) is 10.2. The Morgan fingerprint density at radius 1 is 0.827 bits per heavy atom. The Labute approximate surface area is 297 Å². The highest BCUT2D eigenvalue weighted by molar-refractivity contribution is 6.09. The molecule has 268 valence electrons. The van der Waals surface area contributed by atoms with Crippen LogP contribution in [0.1, 0.15) is 82.9 Å². The van der Waals surface area contributed by atoms with Gasteiger partial charge in [-0.2, -0.15) is 0 Å². The van der Waals surface area contributed by atoms with Crippen LogP contribution in [0.4, 0.5) is 0 Å². The average Bonchev–Trinajstić information content (AvgIpc) is 3.30. The maximum Gasteiger partial charge on any atom is 0.318 e. The van der Waals surface area contributed by atoms with Crippen LogP contribution in [-0.4, -0.2) is 58.2 Å². The fourth-order valence-corrected chi connectivity index (χ4v) is 7.85. The summed E-state index contributed by atoms with van der Waals surface area (Å²) in [5.74, 6) is -11.1. The SMILES string of the molecule is CC(C)=CC[C@@]12Oc3cc(O)c([C@H]4C=C(C)C[C@H](c5ccc(O)cc5O)[C@H]4C(=O)c4ccc(O)cc4O)c(O)c3C(=O)[C@@]1(O)Oc1cc(O)ccc12. The maximum atomic E-state index is 14.6. The topological polar surface area (TPSA) is 214 Å². The molecule has 52 heavy (non-hydrogen) atoms. The first-order valence-corrected chi connectivity index (χ1v) is 16.5. The Hall–Kier alpha value is -6.14. The molecule has 7 rings (SSSR count). The van der Waals surface area contributed by atoms with Crippen molar-refractivity contribution in [1.29, 1.82) is 0 Å². The number of carbonyl (C=O) groups excluding carboxylic acids is 2. The van der Waals surface area contributed by atoms with Gasteiger partial charge in [0.1, 0.15) is 57.3 Å². The number of ketones is 2. The molecule has 0 saturated heterocycles. The molecule has 2 aliphatic heterocycles. The van der Waals surface area contributed by atoms with E-state index in [4.69, 9.17) is 9.47 Å². The zero-order chi connectivity index (χ0) is 37.4. The Morgan fingerprint density at radius 2 is 1.48 bits per heavy atom. The smallest absolute Gasteiger partial charge is 0.318 e. The van der Waals surface area contributed by atoms with E-state index in [2.05, 4.69) is 0 Å². The summed E-state index contributed by atoms with van der Waals surface area (Å²) in [7, 11) is 0. The molecule has 0 fully saturated rings. The summed E-state index contributed by atoms with van der Waals surface area (Å²) >= 11 is 0. The molecule has 0 saturated carbocycles. The van der Waals surface area contributed by atoms with Crippen molar-refractivity contribution >= 4 is 11.6 Å². The van der Waals surface area contributed by atoms with Gasteiger partial charge in [-0.25, -0.2) is 0 Å². The second-order valence-corrected chi connectivity index (χ2v) is 13.9. The van der Waals surface area contributed by atoms with Gasteiger partial charge in [-0.3, -0.25) is 9.59 Å². The molecule has 1 aliphatic carbocycles. The lowest BCUT2D eigenvalue weighted by Gasteiger charge is -2.43. The van der Waals surface area contributed by atoms with Crippen molar-refractivity contribution in [3.8, 4) is 51.7 Å². The van der Waals surface area contributed by atoms with Crippen molar-refractivity contribution in [3.63, 3.8) is 0 Å². The van der Waals surface area contributed by atoms with E-state index in [1.54, 1.807) is 19.1 Å². The molecule has 0 amide bonds. The largest absolute Gasteiger partial charge is 0.508 e. The number of fused-ring (bicyclic) bond motifs is 4. The van der Waals surface area contributed by atoms with Gasteiger partial charge in [0, 0.05) is 59.6 Å². The summed E-state index contributed by atoms with van der Waals surface area (Å²) in [6.07, 6.45) is 3.48. The number of rotatable bonds is 6. The lowest BCUT2D eigenvalue weighted by atomic mass is 9.65. The second-order valence-electron chi connectivity index (χ2n) is 13.9. The molecular formula is C40H36O12. The first-order valence-electron chi connectivity index (χ1n) is 16.5. The summed E-state index contributed by atoms with van der Waals surface area (Å²) in [6, 6.07) is 12.5. The molecular weight excluding hydrogens is 672 g/mol. The fraction of sp³-hybridized carbons (Fsp3) is 0.250. The fourth-order valence-electron chi connectivity index (χ4n) is 7.85. The van der Waals surface area contributed by atoms with Gasteiger partial charge in [-0.05, 0) is 63.1 Å². The van der Waals surface area contributed by atoms with Crippen molar-refractivity contribution < 1.29 is 59.9 Å². The molecule has 0 radical (unpaired) electrons. The predicted molar refractivity (Wildman–Crippen MR) is 185 cm³/mol. The monoisotopic (exact) mass is 708 g/mol. The summed E-state index contributed by atoms with van der Waals surface area (Å²) in [5, 5.41) is 87.8. The molecule has 12 heteroatoms. The number of Topliss-reactive ketones (excluding diaryl/α,β-unsaturated/α-hetero) is 2. The van der Waals surface area contributed by atoms with Crippen molar-refractivity contribution in [2.75, 3.05) is 0 Å². The Bertz CT molecular complexity index is 2250. The zero-order valence-electron chi connectivity index (χ0n) is 28.3. The molecule has 8 N–H and O–H groups in total. The minimum Gasteiger partial charge on any atom is -0.508 e. The first-order chi connectivity index (χ1) is 24.6. The van der Waals surface area contributed by atoms with Gasteiger partial charge < -0.3 is 50.3 Å². The normalized spacial score (nSPS) is 24.4. The first kappa shape index (κ1) is 34.3. The van der Waals surface area contributed by atoms with E-state index in [9.17, 15) is 50.4 Å². The van der Waals surface area contributed by atoms with Gasteiger partial charge in [0.2, 0.25) is 11.4 Å². The molecule has 12 nitrogen and oxygen atoms in total. The van der Waals surface area contributed by atoms with Crippen LogP contribution in [0.5, 0.6) is 51.7 Å². The van der Waals surface area contributed by atoms with Crippen LogP contribution in [0.15, 0.2) is 84.0 Å².